The van der Waals surface area contributed by atoms with E-state index in [0.29, 0.717) is 5.82 Å². The van der Waals surface area contributed by atoms with Crippen LogP contribution in [0.25, 0.3) is 0 Å². The monoisotopic (exact) mass is 312 g/mol. The minimum atomic E-state index is -3.90. The minimum Gasteiger partial charge on any atom is -0.347 e. The van der Waals surface area contributed by atoms with Crippen LogP contribution in [0.15, 0.2) is 35.5 Å². The van der Waals surface area contributed by atoms with E-state index in [-0.39, 0.29) is 17.1 Å². The van der Waals surface area contributed by atoms with Gasteiger partial charge in [0, 0.05) is 18.5 Å². The first-order valence-corrected chi connectivity index (χ1v) is 7.15. The second-order valence-corrected chi connectivity index (χ2v) is 5.71. The first kappa shape index (κ1) is 14.9. The summed E-state index contributed by atoms with van der Waals surface area (Å²) >= 11 is 0. The number of nitro benzene ring substituents is 1. The van der Waals surface area contributed by atoms with Crippen LogP contribution in [0.1, 0.15) is 5.82 Å². The molecule has 1 heterocycles. The van der Waals surface area contributed by atoms with Crippen molar-refractivity contribution in [2.75, 3.05) is 5.43 Å². The van der Waals surface area contributed by atoms with Crippen molar-refractivity contribution < 1.29 is 13.3 Å². The lowest BCUT2D eigenvalue weighted by Gasteiger charge is -2.07. The Labute approximate surface area is 119 Å². The number of nitrogens with zero attached hydrogens (tertiary/aromatic N) is 2. The topological polar surface area (TPSA) is 156 Å². The number of hydrogen-bond acceptors (Lipinski definition) is 7. The number of H-pyrrole nitrogens is 1. The Hall–Kier alpha value is -2.50. The molecule has 0 atom stereocenters. The molecule has 1 aromatic carbocycles. The predicted octanol–water partition coefficient (Wildman–Crippen LogP) is 0.0820. The van der Waals surface area contributed by atoms with Crippen molar-refractivity contribution in [2.24, 2.45) is 5.84 Å². The van der Waals surface area contributed by atoms with Gasteiger partial charge >= 0.3 is 0 Å². The summed E-state index contributed by atoms with van der Waals surface area (Å²) in [6, 6.07) is 3.37. The van der Waals surface area contributed by atoms with Crippen molar-refractivity contribution in [3.63, 3.8) is 0 Å². The van der Waals surface area contributed by atoms with Gasteiger partial charge in [0.15, 0.2) is 0 Å². The highest BCUT2D eigenvalue weighted by molar-refractivity contribution is 7.89. The average molecular weight is 312 g/mol. The normalized spacial score (nSPS) is 11.3. The Bertz CT molecular complexity index is 743. The maximum Gasteiger partial charge on any atom is 0.294 e. The van der Waals surface area contributed by atoms with E-state index in [2.05, 4.69) is 20.1 Å². The van der Waals surface area contributed by atoms with Crippen molar-refractivity contribution in [1.82, 2.24) is 14.7 Å². The number of nitrogens with one attached hydrogen (secondary N) is 3. The lowest BCUT2D eigenvalue weighted by atomic mass is 10.3. The van der Waals surface area contributed by atoms with Gasteiger partial charge in [-0.25, -0.2) is 18.1 Å². The number of hydrogen-bond donors (Lipinski definition) is 4. The molecule has 0 radical (unpaired) electrons. The fourth-order valence-corrected chi connectivity index (χ4v) is 2.60. The molecule has 11 heteroatoms. The molecule has 1 aromatic heterocycles. The Morgan fingerprint density at radius 2 is 2.19 bits per heavy atom. The summed E-state index contributed by atoms with van der Waals surface area (Å²) in [5, 5.41) is 10.9. The second kappa shape index (κ2) is 5.87. The molecule has 10 nitrogen and oxygen atoms in total. The van der Waals surface area contributed by atoms with Crippen LogP contribution in [0.5, 0.6) is 0 Å². The predicted molar refractivity (Wildman–Crippen MR) is 73.5 cm³/mol. The third kappa shape index (κ3) is 3.34. The Balaban J connectivity index is 2.27. The van der Waals surface area contributed by atoms with Crippen molar-refractivity contribution in [1.29, 1.82) is 0 Å². The largest absolute Gasteiger partial charge is 0.347 e. The third-order valence-electron chi connectivity index (χ3n) is 2.62. The van der Waals surface area contributed by atoms with E-state index in [0.717, 1.165) is 6.07 Å². The summed E-state index contributed by atoms with van der Waals surface area (Å²) < 4.78 is 26.4. The molecule has 0 aliphatic rings. The van der Waals surface area contributed by atoms with Crippen LogP contribution in [-0.4, -0.2) is 23.3 Å². The zero-order valence-corrected chi connectivity index (χ0v) is 11.4. The molecule has 0 amide bonds. The van der Waals surface area contributed by atoms with Crippen LogP contribution < -0.4 is 16.0 Å². The second-order valence-electron chi connectivity index (χ2n) is 3.94. The van der Waals surface area contributed by atoms with Crippen molar-refractivity contribution >= 4 is 21.4 Å². The molecule has 112 valence electrons. The number of aromatic amines is 1. The number of imidazole rings is 1. The van der Waals surface area contributed by atoms with Gasteiger partial charge in [-0.3, -0.25) is 16.0 Å². The Kier molecular flexibility index (Phi) is 4.16. The highest BCUT2D eigenvalue weighted by atomic mass is 32.2. The fraction of sp³-hybridized carbons (Fsp3) is 0.100. The highest BCUT2D eigenvalue weighted by Gasteiger charge is 2.21. The number of aromatic nitrogens is 2. The van der Waals surface area contributed by atoms with E-state index < -0.39 is 20.6 Å². The van der Waals surface area contributed by atoms with Gasteiger partial charge in [-0.2, -0.15) is 0 Å². The van der Waals surface area contributed by atoms with Crippen molar-refractivity contribution in [3.05, 3.63) is 46.5 Å². The van der Waals surface area contributed by atoms with Crippen LogP contribution in [0.4, 0.5) is 11.4 Å². The van der Waals surface area contributed by atoms with Crippen LogP contribution in [0.2, 0.25) is 0 Å². The Morgan fingerprint density at radius 3 is 2.76 bits per heavy atom. The zero-order valence-electron chi connectivity index (χ0n) is 10.6. The molecular formula is C10H12N6O4S. The standard InChI is InChI=1S/C10H12N6O4S/c11-15-8-2-1-7(5-9(8)16(17)18)21(19,20)14-6-10-12-3-4-13-10/h1-5,14-15H,6,11H2,(H,12,13). The van der Waals surface area contributed by atoms with Gasteiger partial charge in [0.05, 0.1) is 16.4 Å². The molecule has 0 aliphatic carbocycles. The van der Waals surface area contributed by atoms with E-state index in [1.165, 1.54) is 18.3 Å². The molecule has 21 heavy (non-hydrogen) atoms. The van der Waals surface area contributed by atoms with E-state index in [9.17, 15) is 18.5 Å². The van der Waals surface area contributed by atoms with Gasteiger partial charge in [0.1, 0.15) is 11.5 Å². The first-order chi connectivity index (χ1) is 9.94. The summed E-state index contributed by atoms with van der Waals surface area (Å²) in [4.78, 5) is 16.5. The van der Waals surface area contributed by atoms with Crippen molar-refractivity contribution in [3.8, 4) is 0 Å². The minimum absolute atomic E-state index is 0.0185. The number of rotatable bonds is 6. The average Bonchev–Trinajstić information content (AvgIpc) is 2.97. The Morgan fingerprint density at radius 1 is 1.43 bits per heavy atom. The highest BCUT2D eigenvalue weighted by Crippen LogP contribution is 2.26. The molecule has 0 unspecified atom stereocenters. The van der Waals surface area contributed by atoms with Gasteiger partial charge in [0.2, 0.25) is 10.0 Å². The first-order valence-electron chi connectivity index (χ1n) is 5.67. The quantitative estimate of drug-likeness (QED) is 0.334. The third-order valence-corrected chi connectivity index (χ3v) is 4.02. The number of hydrazine groups is 1. The maximum absolute atomic E-state index is 12.1. The van der Waals surface area contributed by atoms with Crippen LogP contribution in [-0.2, 0) is 16.6 Å². The van der Waals surface area contributed by atoms with Gasteiger partial charge in [-0.15, -0.1) is 0 Å². The summed E-state index contributed by atoms with van der Waals surface area (Å²) in [7, 11) is -3.90. The molecule has 5 N–H and O–H groups in total. The van der Waals surface area contributed by atoms with Crippen LogP contribution >= 0.6 is 0 Å². The van der Waals surface area contributed by atoms with E-state index in [1.54, 1.807) is 6.20 Å². The molecule has 0 spiro atoms. The summed E-state index contributed by atoms with van der Waals surface area (Å²) in [6.45, 7) is -0.0555. The molecule has 0 saturated carbocycles. The number of nitro groups is 1. The molecular weight excluding hydrogens is 300 g/mol. The zero-order chi connectivity index (χ0) is 15.5. The molecule has 0 bridgehead atoms. The molecule has 2 rings (SSSR count). The lowest BCUT2D eigenvalue weighted by Crippen LogP contribution is -2.24. The number of anilines is 1. The lowest BCUT2D eigenvalue weighted by molar-refractivity contribution is -0.384. The van der Waals surface area contributed by atoms with Crippen LogP contribution in [0, 0.1) is 10.1 Å². The maximum atomic E-state index is 12.1. The summed E-state index contributed by atoms with van der Waals surface area (Å²) in [5.41, 5.74) is 1.72. The summed E-state index contributed by atoms with van der Waals surface area (Å²) in [5.74, 6) is 5.56. The molecule has 0 fully saturated rings. The van der Waals surface area contributed by atoms with E-state index in [1.807, 2.05) is 0 Å². The van der Waals surface area contributed by atoms with E-state index >= 15 is 0 Å². The molecule has 2 aromatic rings. The number of nitrogens with two attached hydrogens (primary N) is 1. The smallest absolute Gasteiger partial charge is 0.294 e. The summed E-state index contributed by atoms with van der Waals surface area (Å²) in [6.07, 6.45) is 3.03. The van der Waals surface area contributed by atoms with E-state index in [4.69, 9.17) is 5.84 Å². The number of benzene rings is 1. The van der Waals surface area contributed by atoms with Crippen LogP contribution in [0.3, 0.4) is 0 Å². The SMILES string of the molecule is NNc1ccc(S(=O)(=O)NCc2ncc[nH]2)cc1[N+](=O)[O-]. The fourth-order valence-electron chi connectivity index (χ4n) is 1.59. The number of nitrogen functional groups attached to an aromatic ring is 1. The van der Waals surface area contributed by atoms with Gasteiger partial charge < -0.3 is 10.4 Å². The van der Waals surface area contributed by atoms with Crippen molar-refractivity contribution in [2.45, 2.75) is 11.4 Å². The van der Waals surface area contributed by atoms with Gasteiger partial charge in [-0.1, -0.05) is 0 Å². The number of sulfonamides is 1. The molecule has 0 saturated heterocycles. The molecule has 0 aliphatic heterocycles. The van der Waals surface area contributed by atoms with Gasteiger partial charge in [0.25, 0.3) is 5.69 Å². The van der Waals surface area contributed by atoms with Gasteiger partial charge in [-0.05, 0) is 12.1 Å².